The van der Waals surface area contributed by atoms with Gasteiger partial charge in [0.25, 0.3) is 0 Å². The van der Waals surface area contributed by atoms with Gasteiger partial charge in [-0.05, 0) is 53.4 Å². The van der Waals surface area contributed by atoms with E-state index >= 15 is 0 Å². The molecule has 1 aromatic carbocycles. The molecule has 1 aliphatic rings. The Labute approximate surface area is 121 Å². The number of halogens is 1. The van der Waals surface area contributed by atoms with Crippen LogP contribution < -0.4 is 15.8 Å². The Morgan fingerprint density at radius 1 is 1.58 bits per heavy atom. The quantitative estimate of drug-likeness (QED) is 0.873. The number of nitrogens with two attached hydrogens (primary N) is 1. The minimum Gasteiger partial charge on any atom is -0.496 e. The minimum atomic E-state index is -0.308. The molecule has 0 aromatic heterocycles. The van der Waals surface area contributed by atoms with Crippen LogP contribution in [0.25, 0.3) is 0 Å². The molecule has 0 radical (unpaired) electrons. The van der Waals surface area contributed by atoms with E-state index in [-0.39, 0.29) is 17.4 Å². The number of carbonyl (C=O) groups excluding carboxylic acids is 1. The van der Waals surface area contributed by atoms with Crippen LogP contribution in [0.4, 0.5) is 0 Å². The number of hydrogen-bond acceptors (Lipinski definition) is 3. The van der Waals surface area contributed by atoms with Crippen molar-refractivity contribution in [2.45, 2.75) is 25.8 Å². The lowest BCUT2D eigenvalue weighted by Gasteiger charge is -2.19. The smallest absolute Gasteiger partial charge is 0.227 e. The van der Waals surface area contributed by atoms with Crippen molar-refractivity contribution in [2.24, 2.45) is 11.1 Å². The lowest BCUT2D eigenvalue weighted by atomic mass is 10.0. The molecular weight excluding hydrogens is 308 g/mol. The molecule has 1 aromatic rings. The lowest BCUT2D eigenvalue weighted by Crippen LogP contribution is -2.37. The third-order valence-electron chi connectivity index (χ3n) is 3.75. The van der Waals surface area contributed by atoms with E-state index < -0.39 is 0 Å². The first-order chi connectivity index (χ1) is 9.02. The molecule has 0 bridgehead atoms. The van der Waals surface area contributed by atoms with Crippen molar-refractivity contribution in [3.8, 4) is 5.75 Å². The molecule has 1 unspecified atom stereocenters. The van der Waals surface area contributed by atoms with Crippen molar-refractivity contribution in [1.29, 1.82) is 0 Å². The summed E-state index contributed by atoms with van der Waals surface area (Å²) in [6, 6.07) is 5.76. The summed E-state index contributed by atoms with van der Waals surface area (Å²) in [6.45, 7) is 2.40. The Hall–Kier alpha value is -1.07. The number of ether oxygens (including phenoxy) is 1. The van der Waals surface area contributed by atoms with Crippen molar-refractivity contribution >= 4 is 21.8 Å². The van der Waals surface area contributed by atoms with Gasteiger partial charge in [0.05, 0.1) is 23.0 Å². The second-order valence-corrected chi connectivity index (χ2v) is 5.93. The molecular formula is C14H19BrN2O2. The zero-order chi connectivity index (χ0) is 14.0. The summed E-state index contributed by atoms with van der Waals surface area (Å²) in [5.41, 5.74) is 6.39. The molecule has 0 spiro atoms. The van der Waals surface area contributed by atoms with Gasteiger partial charge in [0.15, 0.2) is 0 Å². The molecule has 0 heterocycles. The van der Waals surface area contributed by atoms with Crippen LogP contribution in [0.1, 0.15) is 31.4 Å². The number of amides is 1. The summed E-state index contributed by atoms with van der Waals surface area (Å²) in [5, 5.41) is 3.03. The van der Waals surface area contributed by atoms with Crippen LogP contribution in [-0.4, -0.2) is 19.6 Å². The van der Waals surface area contributed by atoms with Crippen LogP contribution in [0.2, 0.25) is 0 Å². The van der Waals surface area contributed by atoms with Gasteiger partial charge in [-0.15, -0.1) is 0 Å². The second-order valence-electron chi connectivity index (χ2n) is 5.07. The van der Waals surface area contributed by atoms with Gasteiger partial charge >= 0.3 is 0 Å². The van der Waals surface area contributed by atoms with Crippen molar-refractivity contribution in [1.82, 2.24) is 5.32 Å². The number of methoxy groups -OCH3 is 1. The average molecular weight is 327 g/mol. The van der Waals surface area contributed by atoms with E-state index in [0.717, 1.165) is 28.6 Å². The number of rotatable bonds is 5. The number of hydrogen-bond donors (Lipinski definition) is 2. The monoisotopic (exact) mass is 326 g/mol. The van der Waals surface area contributed by atoms with Crippen molar-refractivity contribution in [3.05, 3.63) is 28.2 Å². The van der Waals surface area contributed by atoms with Gasteiger partial charge in [-0.2, -0.15) is 0 Å². The Bertz CT molecular complexity index is 486. The summed E-state index contributed by atoms with van der Waals surface area (Å²) in [4.78, 5) is 12.1. The first kappa shape index (κ1) is 14.3. The van der Waals surface area contributed by atoms with Gasteiger partial charge < -0.3 is 15.8 Å². The molecule has 1 aliphatic carbocycles. The van der Waals surface area contributed by atoms with E-state index in [0.29, 0.717) is 6.54 Å². The number of carbonyl (C=O) groups is 1. The van der Waals surface area contributed by atoms with Gasteiger partial charge in [0.1, 0.15) is 5.75 Å². The minimum absolute atomic E-state index is 0.0428. The van der Waals surface area contributed by atoms with E-state index in [9.17, 15) is 4.79 Å². The van der Waals surface area contributed by atoms with Crippen LogP contribution in [0, 0.1) is 5.41 Å². The third kappa shape index (κ3) is 2.92. The highest BCUT2D eigenvalue weighted by Gasteiger charge is 2.48. The van der Waals surface area contributed by atoms with Crippen LogP contribution in [0.3, 0.4) is 0 Å². The molecule has 104 valence electrons. The maximum absolute atomic E-state index is 12.1. The van der Waals surface area contributed by atoms with E-state index in [1.165, 1.54) is 0 Å². The highest BCUT2D eigenvalue weighted by Crippen LogP contribution is 2.45. The summed E-state index contributed by atoms with van der Waals surface area (Å²) in [6.07, 6.45) is 1.79. The predicted octanol–water partition coefficient (Wildman–Crippen LogP) is 2.37. The van der Waals surface area contributed by atoms with Crippen molar-refractivity contribution < 1.29 is 9.53 Å². The highest BCUT2D eigenvalue weighted by atomic mass is 79.9. The SMILES string of the molecule is COc1ccc(C(C)NC(=O)C2(CN)CC2)cc1Br. The normalized spacial score (nSPS) is 17.7. The predicted molar refractivity (Wildman–Crippen MR) is 78.0 cm³/mol. The standard InChI is InChI=1S/C14H19BrN2O2/c1-9(17-13(18)14(8-16)5-6-14)10-3-4-12(19-2)11(15)7-10/h3-4,7,9H,5-6,8,16H2,1-2H3,(H,17,18). The molecule has 2 rings (SSSR count). The molecule has 4 nitrogen and oxygen atoms in total. The topological polar surface area (TPSA) is 64.3 Å². The largest absolute Gasteiger partial charge is 0.496 e. The zero-order valence-corrected chi connectivity index (χ0v) is 12.8. The van der Waals surface area contributed by atoms with Crippen LogP contribution >= 0.6 is 15.9 Å². The molecule has 5 heteroatoms. The van der Waals surface area contributed by atoms with Crippen LogP contribution in [0.5, 0.6) is 5.75 Å². The molecule has 1 atom stereocenters. The van der Waals surface area contributed by atoms with Crippen LogP contribution in [-0.2, 0) is 4.79 Å². The molecule has 3 N–H and O–H groups in total. The summed E-state index contributed by atoms with van der Waals surface area (Å²) >= 11 is 3.45. The fourth-order valence-electron chi connectivity index (χ4n) is 2.06. The first-order valence-electron chi connectivity index (χ1n) is 6.37. The molecule has 1 fully saturated rings. The molecule has 19 heavy (non-hydrogen) atoms. The van der Waals surface area contributed by atoms with Crippen molar-refractivity contribution in [2.75, 3.05) is 13.7 Å². The fourth-order valence-corrected chi connectivity index (χ4v) is 2.62. The fraction of sp³-hybridized carbons (Fsp3) is 0.500. The number of benzene rings is 1. The maximum atomic E-state index is 12.1. The van der Waals surface area contributed by atoms with Gasteiger partial charge in [0, 0.05) is 6.54 Å². The summed E-state index contributed by atoms with van der Waals surface area (Å²) in [7, 11) is 1.63. The van der Waals surface area contributed by atoms with Crippen molar-refractivity contribution in [3.63, 3.8) is 0 Å². The van der Waals surface area contributed by atoms with E-state index in [2.05, 4.69) is 21.2 Å². The molecule has 0 aliphatic heterocycles. The van der Waals surface area contributed by atoms with Gasteiger partial charge in [0.2, 0.25) is 5.91 Å². The Morgan fingerprint density at radius 3 is 2.74 bits per heavy atom. The van der Waals surface area contributed by atoms with Gasteiger partial charge in [-0.1, -0.05) is 6.07 Å². The van der Waals surface area contributed by atoms with Gasteiger partial charge in [-0.3, -0.25) is 4.79 Å². The Kier molecular flexibility index (Phi) is 4.16. The zero-order valence-electron chi connectivity index (χ0n) is 11.2. The van der Waals surface area contributed by atoms with E-state index in [4.69, 9.17) is 10.5 Å². The maximum Gasteiger partial charge on any atom is 0.227 e. The number of nitrogens with one attached hydrogen (secondary N) is 1. The lowest BCUT2D eigenvalue weighted by molar-refractivity contribution is -0.126. The first-order valence-corrected chi connectivity index (χ1v) is 7.16. The Balaban J connectivity index is 2.06. The second kappa shape index (κ2) is 5.51. The molecule has 0 saturated heterocycles. The average Bonchev–Trinajstić information content (AvgIpc) is 3.19. The third-order valence-corrected chi connectivity index (χ3v) is 4.37. The Morgan fingerprint density at radius 2 is 2.26 bits per heavy atom. The summed E-state index contributed by atoms with van der Waals surface area (Å²) in [5.74, 6) is 0.845. The van der Waals surface area contributed by atoms with E-state index in [1.807, 2.05) is 25.1 Å². The summed E-state index contributed by atoms with van der Waals surface area (Å²) < 4.78 is 6.07. The molecule has 1 saturated carbocycles. The van der Waals surface area contributed by atoms with E-state index in [1.54, 1.807) is 7.11 Å². The van der Waals surface area contributed by atoms with Crippen LogP contribution in [0.15, 0.2) is 22.7 Å². The molecule has 1 amide bonds. The van der Waals surface area contributed by atoms with Gasteiger partial charge in [-0.25, -0.2) is 0 Å². The highest BCUT2D eigenvalue weighted by molar-refractivity contribution is 9.10.